The monoisotopic (exact) mass is 289 g/mol. The summed E-state index contributed by atoms with van der Waals surface area (Å²) in [5.41, 5.74) is 7.06. The fourth-order valence-electron chi connectivity index (χ4n) is 3.53. The van der Waals surface area contributed by atoms with E-state index in [4.69, 9.17) is 5.73 Å². The molecule has 1 aliphatic heterocycles. The van der Waals surface area contributed by atoms with Crippen LogP contribution in [0.25, 0.3) is 0 Å². The fraction of sp³-hybridized carbons (Fsp3) is 0.750. The minimum absolute atomic E-state index is 0.411. The van der Waals surface area contributed by atoms with Crippen LogP contribution in [0.15, 0.2) is 6.07 Å². The molecule has 1 aromatic heterocycles. The minimum Gasteiger partial charge on any atom is -0.368 e. The van der Waals surface area contributed by atoms with Gasteiger partial charge in [-0.25, -0.2) is 4.98 Å². The maximum atomic E-state index is 5.92. The molecule has 0 atom stereocenters. The van der Waals surface area contributed by atoms with Gasteiger partial charge in [-0.15, -0.1) is 0 Å². The number of aromatic nitrogens is 2. The molecular formula is C16H27N5. The van der Waals surface area contributed by atoms with E-state index >= 15 is 0 Å². The number of piperidine rings is 1. The second-order valence-corrected chi connectivity index (χ2v) is 6.59. The van der Waals surface area contributed by atoms with E-state index in [2.05, 4.69) is 33.3 Å². The zero-order valence-electron chi connectivity index (χ0n) is 13.0. The smallest absolute Gasteiger partial charge is 0.222 e. The summed E-state index contributed by atoms with van der Waals surface area (Å²) < 4.78 is 0. The van der Waals surface area contributed by atoms with E-state index in [1.807, 2.05) is 0 Å². The van der Waals surface area contributed by atoms with Gasteiger partial charge in [0, 0.05) is 18.0 Å². The molecule has 5 nitrogen and oxygen atoms in total. The molecule has 0 amide bonds. The maximum absolute atomic E-state index is 5.92. The summed E-state index contributed by atoms with van der Waals surface area (Å²) >= 11 is 0. The Kier molecular flexibility index (Phi) is 4.58. The van der Waals surface area contributed by atoms with Crippen LogP contribution < -0.4 is 11.1 Å². The second kappa shape index (κ2) is 6.60. The zero-order valence-corrected chi connectivity index (χ0v) is 13.0. The number of hydrogen-bond donors (Lipinski definition) is 2. The van der Waals surface area contributed by atoms with Gasteiger partial charge in [0.25, 0.3) is 0 Å². The lowest BCUT2D eigenvalue weighted by atomic mass is 9.87. The SMILES string of the molecule is CN1CCC(Nc2cc(C3CCCCC3)nc(N)n2)CC1. The largest absolute Gasteiger partial charge is 0.368 e. The number of nitrogens with one attached hydrogen (secondary N) is 1. The van der Waals surface area contributed by atoms with E-state index in [0.29, 0.717) is 17.9 Å². The van der Waals surface area contributed by atoms with Crippen molar-refractivity contribution in [3.05, 3.63) is 11.8 Å². The van der Waals surface area contributed by atoms with E-state index in [9.17, 15) is 0 Å². The molecule has 0 spiro atoms. The molecule has 0 aromatic carbocycles. The third-order valence-electron chi connectivity index (χ3n) is 4.86. The Morgan fingerprint density at radius 1 is 1.10 bits per heavy atom. The molecule has 1 saturated carbocycles. The molecule has 3 N–H and O–H groups in total. The Bertz CT molecular complexity index is 462. The Balaban J connectivity index is 1.68. The molecule has 116 valence electrons. The van der Waals surface area contributed by atoms with Gasteiger partial charge < -0.3 is 16.0 Å². The van der Waals surface area contributed by atoms with E-state index in [1.54, 1.807) is 0 Å². The lowest BCUT2D eigenvalue weighted by Crippen LogP contribution is -2.37. The molecule has 5 heteroatoms. The average molecular weight is 289 g/mol. The minimum atomic E-state index is 0.411. The molecule has 3 rings (SSSR count). The fourth-order valence-corrected chi connectivity index (χ4v) is 3.53. The van der Waals surface area contributed by atoms with E-state index < -0.39 is 0 Å². The Morgan fingerprint density at radius 3 is 2.52 bits per heavy atom. The van der Waals surface area contributed by atoms with Gasteiger partial charge in [0.1, 0.15) is 5.82 Å². The summed E-state index contributed by atoms with van der Waals surface area (Å²) in [4.78, 5) is 11.2. The van der Waals surface area contributed by atoms with Gasteiger partial charge in [-0.2, -0.15) is 4.98 Å². The molecule has 0 radical (unpaired) electrons. The standard InChI is InChI=1S/C16H27N5/c1-21-9-7-13(8-10-21)18-15-11-14(19-16(17)20-15)12-5-3-2-4-6-12/h11-13H,2-10H2,1H3,(H3,17,18,19,20). The van der Waals surface area contributed by atoms with Crippen LogP contribution in [0.3, 0.4) is 0 Å². The third kappa shape index (κ3) is 3.84. The van der Waals surface area contributed by atoms with Gasteiger partial charge in [-0.05, 0) is 45.8 Å². The first-order valence-electron chi connectivity index (χ1n) is 8.30. The topological polar surface area (TPSA) is 67.1 Å². The quantitative estimate of drug-likeness (QED) is 0.895. The van der Waals surface area contributed by atoms with Gasteiger partial charge in [0.2, 0.25) is 5.95 Å². The summed E-state index contributed by atoms with van der Waals surface area (Å²) in [6, 6.07) is 2.64. The van der Waals surface area contributed by atoms with E-state index in [0.717, 1.165) is 24.6 Å². The van der Waals surface area contributed by atoms with Gasteiger partial charge in [-0.1, -0.05) is 19.3 Å². The number of likely N-dealkylation sites (tertiary alicyclic amines) is 1. The molecule has 0 unspecified atom stereocenters. The molecule has 1 aliphatic carbocycles. The van der Waals surface area contributed by atoms with Crippen LogP contribution in [0.2, 0.25) is 0 Å². The van der Waals surface area contributed by atoms with Crippen molar-refractivity contribution in [2.24, 2.45) is 0 Å². The second-order valence-electron chi connectivity index (χ2n) is 6.59. The zero-order chi connectivity index (χ0) is 14.7. The molecule has 2 fully saturated rings. The van der Waals surface area contributed by atoms with Crippen molar-refractivity contribution in [2.45, 2.75) is 56.9 Å². The predicted molar refractivity (Wildman–Crippen MR) is 86.4 cm³/mol. The maximum Gasteiger partial charge on any atom is 0.222 e. The first-order chi connectivity index (χ1) is 10.2. The van der Waals surface area contributed by atoms with Crippen molar-refractivity contribution in [1.29, 1.82) is 0 Å². The third-order valence-corrected chi connectivity index (χ3v) is 4.86. The predicted octanol–water partition coefficient (Wildman–Crippen LogP) is 2.61. The summed E-state index contributed by atoms with van der Waals surface area (Å²) in [7, 11) is 2.18. The van der Waals surface area contributed by atoms with Gasteiger partial charge >= 0.3 is 0 Å². The highest BCUT2D eigenvalue weighted by atomic mass is 15.1. The van der Waals surface area contributed by atoms with Crippen LogP contribution in [0.5, 0.6) is 0 Å². The summed E-state index contributed by atoms with van der Waals surface area (Å²) in [6.45, 7) is 2.29. The van der Waals surface area contributed by atoms with Gasteiger partial charge in [0.15, 0.2) is 0 Å². The highest BCUT2D eigenvalue weighted by Crippen LogP contribution is 2.32. The molecule has 1 aromatic rings. The average Bonchev–Trinajstić information content (AvgIpc) is 2.50. The number of rotatable bonds is 3. The summed E-state index contributed by atoms with van der Waals surface area (Å²) in [6.07, 6.45) is 8.79. The van der Waals surface area contributed by atoms with Crippen molar-refractivity contribution in [3.8, 4) is 0 Å². The van der Waals surface area contributed by atoms with Crippen molar-refractivity contribution in [3.63, 3.8) is 0 Å². The first kappa shape index (κ1) is 14.6. The lowest BCUT2D eigenvalue weighted by Gasteiger charge is -2.30. The molecule has 0 bridgehead atoms. The highest BCUT2D eigenvalue weighted by Gasteiger charge is 2.20. The van der Waals surface area contributed by atoms with Crippen LogP contribution in [0.4, 0.5) is 11.8 Å². The van der Waals surface area contributed by atoms with Gasteiger partial charge in [0.05, 0.1) is 5.69 Å². The Labute approximate surface area is 127 Å². The van der Waals surface area contributed by atoms with Crippen molar-refractivity contribution in [1.82, 2.24) is 14.9 Å². The van der Waals surface area contributed by atoms with Crippen LogP contribution in [0, 0.1) is 0 Å². The molecule has 21 heavy (non-hydrogen) atoms. The van der Waals surface area contributed by atoms with Crippen LogP contribution >= 0.6 is 0 Å². The van der Waals surface area contributed by atoms with E-state index in [-0.39, 0.29) is 0 Å². The highest BCUT2D eigenvalue weighted by molar-refractivity contribution is 5.42. The van der Waals surface area contributed by atoms with Crippen LogP contribution in [-0.4, -0.2) is 41.0 Å². The Hall–Kier alpha value is -1.36. The summed E-state index contributed by atoms with van der Waals surface area (Å²) in [5.74, 6) is 1.90. The van der Waals surface area contributed by atoms with Crippen LogP contribution in [-0.2, 0) is 0 Å². The molecule has 2 heterocycles. The Morgan fingerprint density at radius 2 is 1.81 bits per heavy atom. The number of anilines is 2. The first-order valence-corrected chi connectivity index (χ1v) is 8.30. The van der Waals surface area contributed by atoms with Crippen molar-refractivity contribution < 1.29 is 0 Å². The molecule has 1 saturated heterocycles. The van der Waals surface area contributed by atoms with Crippen molar-refractivity contribution in [2.75, 3.05) is 31.2 Å². The number of nitrogens with two attached hydrogens (primary N) is 1. The molecular weight excluding hydrogens is 262 g/mol. The van der Waals surface area contributed by atoms with E-state index in [1.165, 1.54) is 44.9 Å². The van der Waals surface area contributed by atoms with Crippen molar-refractivity contribution >= 4 is 11.8 Å². The van der Waals surface area contributed by atoms with Crippen LogP contribution in [0.1, 0.15) is 56.6 Å². The van der Waals surface area contributed by atoms with Gasteiger partial charge in [-0.3, -0.25) is 0 Å². The number of nitrogens with zero attached hydrogens (tertiary/aromatic N) is 3. The molecule has 2 aliphatic rings. The number of nitrogen functional groups attached to an aromatic ring is 1. The summed E-state index contributed by atoms with van der Waals surface area (Å²) in [5, 5.41) is 3.56. The normalized spacial score (nSPS) is 22.3. The lowest BCUT2D eigenvalue weighted by molar-refractivity contribution is 0.263. The number of hydrogen-bond acceptors (Lipinski definition) is 5.